The van der Waals surface area contributed by atoms with Crippen LogP contribution in [0.25, 0.3) is 22.3 Å². The van der Waals surface area contributed by atoms with Gasteiger partial charge in [-0.1, -0.05) is 30.3 Å². The van der Waals surface area contributed by atoms with Gasteiger partial charge in [-0.3, -0.25) is 0 Å². The van der Waals surface area contributed by atoms with E-state index in [9.17, 15) is 13.2 Å². The molecule has 0 aliphatic heterocycles. The van der Waals surface area contributed by atoms with Crippen LogP contribution in [0.1, 0.15) is 5.56 Å². The van der Waals surface area contributed by atoms with Crippen LogP contribution in [0.5, 0.6) is 0 Å². The number of benzene rings is 1. The van der Waals surface area contributed by atoms with Crippen LogP contribution in [0.15, 0.2) is 41.0 Å². The van der Waals surface area contributed by atoms with Crippen LogP contribution in [0.3, 0.4) is 0 Å². The first-order valence-corrected chi connectivity index (χ1v) is 6.82. The molecule has 0 N–H and O–H groups in total. The maximum atomic E-state index is 13.4. The van der Waals surface area contributed by atoms with E-state index in [1.165, 1.54) is 4.68 Å². The van der Waals surface area contributed by atoms with Crippen LogP contribution in [-0.2, 0) is 13.2 Å². The number of aryl methyl sites for hydroxylation is 1. The Morgan fingerprint density at radius 2 is 1.81 bits per heavy atom. The number of aromatic nitrogens is 3. The van der Waals surface area contributed by atoms with Crippen LogP contribution in [-0.4, -0.2) is 14.8 Å². The maximum Gasteiger partial charge on any atom is 0.418 e. The van der Waals surface area contributed by atoms with E-state index in [1.807, 2.05) is 0 Å². The summed E-state index contributed by atoms with van der Waals surface area (Å²) in [6, 6.07) is 8.77. The van der Waals surface area contributed by atoms with Gasteiger partial charge in [-0.15, -0.1) is 0 Å². The molecule has 0 unspecified atom stereocenters. The second-order valence-corrected chi connectivity index (χ2v) is 5.37. The average molecular weight is 356 g/mol. The van der Waals surface area contributed by atoms with Crippen LogP contribution < -0.4 is 0 Å². The normalized spacial score (nSPS) is 12.0. The predicted octanol–water partition coefficient (Wildman–Crippen LogP) is 4.42. The van der Waals surface area contributed by atoms with Crippen LogP contribution in [0.4, 0.5) is 13.2 Å². The van der Waals surface area contributed by atoms with E-state index in [1.54, 1.807) is 37.4 Å². The van der Waals surface area contributed by atoms with Crippen molar-refractivity contribution in [2.45, 2.75) is 6.18 Å². The summed E-state index contributed by atoms with van der Waals surface area (Å²) >= 11 is 2.95. The minimum Gasteiger partial charge on any atom is -0.250 e. The summed E-state index contributed by atoms with van der Waals surface area (Å²) in [5.74, 6) is 0. The van der Waals surface area contributed by atoms with Gasteiger partial charge in [-0.25, -0.2) is 9.67 Å². The van der Waals surface area contributed by atoms with E-state index in [4.69, 9.17) is 0 Å². The molecule has 0 atom stereocenters. The van der Waals surface area contributed by atoms with Crippen molar-refractivity contribution in [1.29, 1.82) is 0 Å². The Morgan fingerprint density at radius 3 is 2.43 bits per heavy atom. The molecule has 0 aliphatic rings. The molecule has 3 nitrogen and oxygen atoms in total. The molecule has 3 aromatic rings. The number of rotatable bonds is 1. The molecule has 108 valence electrons. The number of pyridine rings is 1. The lowest BCUT2D eigenvalue weighted by Crippen LogP contribution is -2.08. The smallest absolute Gasteiger partial charge is 0.250 e. The number of hydrogen-bond acceptors (Lipinski definition) is 2. The van der Waals surface area contributed by atoms with Crippen molar-refractivity contribution >= 4 is 27.0 Å². The molecule has 0 saturated heterocycles. The SMILES string of the molecule is Cn1nc(-c2ccccc2)c2c(C(F)(F)F)c(Br)cnc21. The van der Waals surface area contributed by atoms with Crippen molar-refractivity contribution < 1.29 is 13.2 Å². The van der Waals surface area contributed by atoms with Crippen LogP contribution in [0, 0.1) is 0 Å². The highest BCUT2D eigenvalue weighted by atomic mass is 79.9. The third kappa shape index (κ3) is 2.31. The van der Waals surface area contributed by atoms with Crippen LogP contribution in [0.2, 0.25) is 0 Å². The number of alkyl halides is 3. The Morgan fingerprint density at radius 1 is 1.14 bits per heavy atom. The van der Waals surface area contributed by atoms with Gasteiger partial charge in [0, 0.05) is 23.3 Å². The van der Waals surface area contributed by atoms with E-state index in [0.717, 1.165) is 6.20 Å². The number of fused-ring (bicyclic) bond motifs is 1. The van der Waals surface area contributed by atoms with E-state index in [0.29, 0.717) is 5.56 Å². The van der Waals surface area contributed by atoms with Crippen molar-refractivity contribution in [3.8, 4) is 11.3 Å². The lowest BCUT2D eigenvalue weighted by atomic mass is 10.1. The van der Waals surface area contributed by atoms with E-state index in [-0.39, 0.29) is 21.2 Å². The van der Waals surface area contributed by atoms with Gasteiger partial charge in [0.05, 0.1) is 10.9 Å². The molecule has 7 heteroatoms. The van der Waals surface area contributed by atoms with Crippen molar-refractivity contribution in [3.63, 3.8) is 0 Å². The number of halogens is 4. The lowest BCUT2D eigenvalue weighted by molar-refractivity contribution is -0.136. The van der Waals surface area contributed by atoms with Gasteiger partial charge in [0.1, 0.15) is 5.69 Å². The average Bonchev–Trinajstić information content (AvgIpc) is 2.75. The number of nitrogens with zero attached hydrogens (tertiary/aromatic N) is 3. The minimum atomic E-state index is -4.49. The van der Waals surface area contributed by atoms with Gasteiger partial charge in [0.2, 0.25) is 0 Å². The summed E-state index contributed by atoms with van der Waals surface area (Å²) in [5, 5.41) is 4.21. The Balaban J connectivity index is 2.45. The fourth-order valence-electron chi connectivity index (χ4n) is 2.27. The highest BCUT2D eigenvalue weighted by Crippen LogP contribution is 2.42. The summed E-state index contributed by atoms with van der Waals surface area (Å²) in [7, 11) is 1.58. The Hall–Kier alpha value is -1.89. The standard InChI is InChI=1S/C14H9BrF3N3/c1-21-13-10(11(14(16,17)18)9(15)7-19-13)12(20-21)8-5-3-2-4-6-8/h2-7H,1H3. The molecule has 3 rings (SSSR count). The monoisotopic (exact) mass is 355 g/mol. The second kappa shape index (κ2) is 4.84. The Kier molecular flexibility index (Phi) is 3.24. The Bertz CT molecular complexity index is 810. The molecule has 2 aromatic heterocycles. The van der Waals surface area contributed by atoms with Crippen LogP contribution >= 0.6 is 15.9 Å². The minimum absolute atomic E-state index is 0.00516. The molecule has 2 heterocycles. The zero-order valence-electron chi connectivity index (χ0n) is 10.8. The Labute approximate surface area is 126 Å². The van der Waals surface area contributed by atoms with Crippen molar-refractivity contribution in [1.82, 2.24) is 14.8 Å². The second-order valence-electron chi connectivity index (χ2n) is 4.52. The summed E-state index contributed by atoms with van der Waals surface area (Å²) in [6.45, 7) is 0. The zero-order valence-corrected chi connectivity index (χ0v) is 12.4. The molecule has 0 radical (unpaired) electrons. The third-order valence-corrected chi connectivity index (χ3v) is 3.74. The fourth-order valence-corrected chi connectivity index (χ4v) is 2.80. The van der Waals surface area contributed by atoms with Crippen molar-refractivity contribution in [2.24, 2.45) is 7.05 Å². The third-order valence-electron chi connectivity index (χ3n) is 3.14. The first kappa shape index (κ1) is 14.1. The van der Waals surface area contributed by atoms with Gasteiger partial charge in [-0.2, -0.15) is 18.3 Å². The molecule has 1 aromatic carbocycles. The zero-order chi connectivity index (χ0) is 15.2. The first-order valence-electron chi connectivity index (χ1n) is 6.03. The molecule has 0 aliphatic carbocycles. The highest BCUT2D eigenvalue weighted by Gasteiger charge is 2.37. The summed E-state index contributed by atoms with van der Waals surface area (Å²) < 4.78 is 41.4. The molecule has 0 saturated carbocycles. The van der Waals surface area contributed by atoms with E-state index in [2.05, 4.69) is 26.0 Å². The van der Waals surface area contributed by atoms with Gasteiger partial charge in [-0.05, 0) is 15.9 Å². The van der Waals surface area contributed by atoms with Crippen molar-refractivity contribution in [2.75, 3.05) is 0 Å². The van der Waals surface area contributed by atoms with Gasteiger partial charge in [0.15, 0.2) is 5.65 Å². The fraction of sp³-hybridized carbons (Fsp3) is 0.143. The lowest BCUT2D eigenvalue weighted by Gasteiger charge is -2.11. The molecular formula is C14H9BrF3N3. The summed E-state index contributed by atoms with van der Waals surface area (Å²) in [6.07, 6.45) is -3.34. The van der Waals surface area contributed by atoms with Crippen molar-refractivity contribution in [3.05, 3.63) is 46.6 Å². The molecule has 0 amide bonds. The quantitative estimate of drug-likeness (QED) is 0.646. The highest BCUT2D eigenvalue weighted by molar-refractivity contribution is 9.10. The molecule has 0 bridgehead atoms. The van der Waals surface area contributed by atoms with E-state index >= 15 is 0 Å². The van der Waals surface area contributed by atoms with Gasteiger partial charge < -0.3 is 0 Å². The molecule has 0 fully saturated rings. The maximum absolute atomic E-state index is 13.4. The largest absolute Gasteiger partial charge is 0.418 e. The summed E-state index contributed by atoms with van der Waals surface area (Å²) in [4.78, 5) is 4.05. The molecule has 0 spiro atoms. The van der Waals surface area contributed by atoms with Gasteiger partial charge in [0.25, 0.3) is 0 Å². The summed E-state index contributed by atoms with van der Waals surface area (Å²) in [5.41, 5.74) is 0.339. The molecule has 21 heavy (non-hydrogen) atoms. The topological polar surface area (TPSA) is 30.7 Å². The van der Waals surface area contributed by atoms with E-state index < -0.39 is 11.7 Å². The molecular weight excluding hydrogens is 347 g/mol. The van der Waals surface area contributed by atoms with Gasteiger partial charge >= 0.3 is 6.18 Å². The predicted molar refractivity (Wildman–Crippen MR) is 76.6 cm³/mol. The first-order chi connectivity index (χ1) is 9.89. The number of hydrogen-bond donors (Lipinski definition) is 0.